The molecule has 1 aliphatic rings. The van der Waals surface area contributed by atoms with E-state index in [1.165, 1.54) is 13.0 Å². The van der Waals surface area contributed by atoms with Crippen molar-refractivity contribution in [2.45, 2.75) is 44.8 Å². The van der Waals surface area contributed by atoms with E-state index in [0.29, 0.717) is 24.2 Å². The lowest BCUT2D eigenvalue weighted by molar-refractivity contribution is -0.138. The lowest BCUT2D eigenvalue weighted by atomic mass is 9.80. The summed E-state index contributed by atoms with van der Waals surface area (Å²) in [6, 6.07) is 12.4. The van der Waals surface area contributed by atoms with Crippen LogP contribution >= 0.6 is 0 Å². The van der Waals surface area contributed by atoms with Gasteiger partial charge in [0.1, 0.15) is 0 Å². The first-order valence-corrected chi connectivity index (χ1v) is 9.93. The molecule has 0 aliphatic carbocycles. The van der Waals surface area contributed by atoms with Crippen LogP contribution in [-0.2, 0) is 22.9 Å². The van der Waals surface area contributed by atoms with Crippen LogP contribution in [0.1, 0.15) is 42.0 Å². The topological polar surface area (TPSA) is 23.6 Å². The fourth-order valence-corrected chi connectivity index (χ4v) is 4.68. The number of amides is 1. The predicted octanol–water partition coefficient (Wildman–Crippen LogP) is 5.16. The Morgan fingerprint density at radius 1 is 1.17 bits per heavy atom. The predicted molar refractivity (Wildman–Crippen MR) is 109 cm³/mol. The molecule has 2 aromatic rings. The summed E-state index contributed by atoms with van der Waals surface area (Å²) in [5, 5.41) is 0. The maximum Gasteiger partial charge on any atom is 0.416 e. The van der Waals surface area contributed by atoms with Crippen LogP contribution < -0.4 is 4.90 Å². The van der Waals surface area contributed by atoms with E-state index in [-0.39, 0.29) is 5.56 Å². The Kier molecular flexibility index (Phi) is 6.03. The summed E-state index contributed by atoms with van der Waals surface area (Å²) in [7, 11) is 2.01. The molecular formula is C23H27F3N2O. The minimum absolute atomic E-state index is 0.191. The zero-order chi connectivity index (χ0) is 21.2. The first-order chi connectivity index (χ1) is 13.7. The molecule has 1 aliphatic heterocycles. The maximum atomic E-state index is 13.4. The highest BCUT2D eigenvalue weighted by atomic mass is 19.4. The summed E-state index contributed by atoms with van der Waals surface area (Å²) < 4.78 is 40.3. The highest BCUT2D eigenvalue weighted by Gasteiger charge is 2.43. The summed E-state index contributed by atoms with van der Waals surface area (Å²) in [6.45, 7) is 4.88. The van der Waals surface area contributed by atoms with E-state index < -0.39 is 17.3 Å². The molecule has 1 amide bonds. The van der Waals surface area contributed by atoms with Gasteiger partial charge in [0, 0.05) is 12.2 Å². The normalized spacial score (nSPS) is 20.5. The van der Waals surface area contributed by atoms with Gasteiger partial charge in [-0.05, 0) is 68.6 Å². The third-order valence-corrected chi connectivity index (χ3v) is 6.03. The molecule has 0 saturated carbocycles. The Morgan fingerprint density at radius 2 is 1.86 bits per heavy atom. The van der Waals surface area contributed by atoms with Crippen LogP contribution in [0.25, 0.3) is 0 Å². The molecule has 2 aromatic carbocycles. The van der Waals surface area contributed by atoms with Crippen LogP contribution in [0.15, 0.2) is 42.5 Å². The molecule has 0 spiro atoms. The Bertz CT molecular complexity index is 866. The van der Waals surface area contributed by atoms with Gasteiger partial charge in [0.05, 0.1) is 11.1 Å². The monoisotopic (exact) mass is 404 g/mol. The number of carbonyl (C=O) groups excluding carboxylic acids is 1. The molecule has 0 radical (unpaired) electrons. The Labute approximate surface area is 170 Å². The van der Waals surface area contributed by atoms with Crippen molar-refractivity contribution in [3.05, 3.63) is 64.7 Å². The molecule has 0 N–H and O–H groups in total. The fourth-order valence-electron chi connectivity index (χ4n) is 4.68. The van der Waals surface area contributed by atoms with Crippen molar-refractivity contribution in [2.75, 3.05) is 25.0 Å². The smallest absolute Gasteiger partial charge is 0.304 e. The second kappa shape index (κ2) is 8.19. The quantitative estimate of drug-likeness (QED) is 0.643. The second-order valence-electron chi connectivity index (χ2n) is 7.80. The Balaban J connectivity index is 2.21. The third-order valence-electron chi connectivity index (χ3n) is 6.03. The Hall–Kier alpha value is -2.34. The average molecular weight is 404 g/mol. The van der Waals surface area contributed by atoms with Crippen LogP contribution in [0.4, 0.5) is 18.9 Å². The first kappa shape index (κ1) is 21.4. The summed E-state index contributed by atoms with van der Waals surface area (Å²) in [4.78, 5) is 16.3. The van der Waals surface area contributed by atoms with E-state index in [0.717, 1.165) is 37.4 Å². The number of alkyl halides is 3. The summed E-state index contributed by atoms with van der Waals surface area (Å²) in [5.41, 5.74) is 1.06. The van der Waals surface area contributed by atoms with Crippen molar-refractivity contribution in [1.29, 1.82) is 0 Å². The fraction of sp³-hybridized carbons (Fsp3) is 0.435. The van der Waals surface area contributed by atoms with Crippen LogP contribution in [-0.4, -0.2) is 31.4 Å². The number of hydrogen-bond donors (Lipinski definition) is 0. The zero-order valence-electron chi connectivity index (χ0n) is 17.1. The lowest BCUT2D eigenvalue weighted by Gasteiger charge is -2.48. The van der Waals surface area contributed by atoms with Crippen molar-refractivity contribution in [3.63, 3.8) is 0 Å². The van der Waals surface area contributed by atoms with Crippen molar-refractivity contribution < 1.29 is 18.0 Å². The number of nitrogens with zero attached hydrogens (tertiary/aromatic N) is 2. The van der Waals surface area contributed by atoms with Crippen LogP contribution in [0.5, 0.6) is 0 Å². The number of likely N-dealkylation sites (N-methyl/N-ethyl adjacent to an activating group) is 1. The van der Waals surface area contributed by atoms with E-state index >= 15 is 0 Å². The van der Waals surface area contributed by atoms with Gasteiger partial charge in [-0.2, -0.15) is 13.2 Å². The van der Waals surface area contributed by atoms with Crippen LogP contribution in [0.3, 0.4) is 0 Å². The van der Waals surface area contributed by atoms with E-state index in [4.69, 9.17) is 0 Å². The number of piperidine rings is 1. The van der Waals surface area contributed by atoms with E-state index in [9.17, 15) is 18.0 Å². The largest absolute Gasteiger partial charge is 0.416 e. The van der Waals surface area contributed by atoms with Gasteiger partial charge in [-0.3, -0.25) is 4.79 Å². The molecule has 6 heteroatoms. The van der Waals surface area contributed by atoms with Gasteiger partial charge in [-0.15, -0.1) is 0 Å². The molecule has 29 heavy (non-hydrogen) atoms. The molecule has 0 bridgehead atoms. The number of halogens is 3. The van der Waals surface area contributed by atoms with Gasteiger partial charge in [-0.1, -0.05) is 37.3 Å². The number of rotatable bonds is 5. The molecule has 3 nitrogen and oxygen atoms in total. The van der Waals surface area contributed by atoms with Crippen molar-refractivity contribution in [2.24, 2.45) is 0 Å². The van der Waals surface area contributed by atoms with Crippen LogP contribution in [0.2, 0.25) is 0 Å². The lowest BCUT2D eigenvalue weighted by Crippen LogP contribution is -2.56. The SMILES string of the molecule is CCc1c(N(C=O)C2(c3ccccc3)CCCN(C)C2)ccc(C(F)(F)F)c1C. The highest BCUT2D eigenvalue weighted by Crippen LogP contribution is 2.43. The number of anilines is 1. The second-order valence-corrected chi connectivity index (χ2v) is 7.80. The molecular weight excluding hydrogens is 377 g/mol. The summed E-state index contributed by atoms with van der Waals surface area (Å²) in [6.07, 6.45) is -1.57. The highest BCUT2D eigenvalue weighted by molar-refractivity contribution is 5.81. The molecule has 0 aromatic heterocycles. The van der Waals surface area contributed by atoms with E-state index in [1.54, 1.807) is 4.90 Å². The van der Waals surface area contributed by atoms with Gasteiger partial charge in [-0.25, -0.2) is 0 Å². The molecule has 1 saturated heterocycles. The minimum atomic E-state index is -4.42. The van der Waals surface area contributed by atoms with E-state index in [2.05, 4.69) is 4.90 Å². The third kappa shape index (κ3) is 3.90. The number of hydrogen-bond acceptors (Lipinski definition) is 2. The minimum Gasteiger partial charge on any atom is -0.304 e. The Morgan fingerprint density at radius 3 is 2.41 bits per heavy atom. The summed E-state index contributed by atoms with van der Waals surface area (Å²) >= 11 is 0. The maximum absolute atomic E-state index is 13.4. The van der Waals surface area contributed by atoms with Crippen LogP contribution in [0, 0.1) is 6.92 Å². The van der Waals surface area contributed by atoms with Crippen molar-refractivity contribution in [1.82, 2.24) is 4.90 Å². The van der Waals surface area contributed by atoms with Crippen molar-refractivity contribution >= 4 is 12.1 Å². The van der Waals surface area contributed by atoms with Gasteiger partial charge in [0.15, 0.2) is 0 Å². The molecule has 3 rings (SSSR count). The number of likely N-dealkylation sites (tertiary alicyclic amines) is 1. The van der Waals surface area contributed by atoms with Gasteiger partial charge in [0.25, 0.3) is 0 Å². The number of carbonyl (C=O) groups is 1. The number of benzene rings is 2. The first-order valence-electron chi connectivity index (χ1n) is 9.93. The van der Waals surface area contributed by atoms with E-state index in [1.807, 2.05) is 44.3 Å². The van der Waals surface area contributed by atoms with Gasteiger partial charge < -0.3 is 9.80 Å². The summed E-state index contributed by atoms with van der Waals surface area (Å²) in [5.74, 6) is 0. The standard InChI is InChI=1S/C23H27F3N2O/c1-4-19-17(2)20(23(24,25)26)11-12-21(19)28(16-29)22(13-8-14-27(3)15-22)18-9-6-5-7-10-18/h5-7,9-12,16H,4,8,13-15H2,1-3H3. The molecule has 1 fully saturated rings. The molecule has 156 valence electrons. The van der Waals surface area contributed by atoms with Crippen molar-refractivity contribution in [3.8, 4) is 0 Å². The zero-order valence-corrected chi connectivity index (χ0v) is 17.1. The molecule has 1 heterocycles. The van der Waals surface area contributed by atoms with Gasteiger partial charge in [0.2, 0.25) is 6.41 Å². The van der Waals surface area contributed by atoms with Gasteiger partial charge >= 0.3 is 6.18 Å². The average Bonchev–Trinajstić information content (AvgIpc) is 2.68. The molecule has 1 unspecified atom stereocenters. The molecule has 1 atom stereocenters.